The van der Waals surface area contributed by atoms with Crippen LogP contribution in [0.3, 0.4) is 0 Å². The molecule has 2 heterocycles. The smallest absolute Gasteiger partial charge is 0.253 e. The second-order valence-corrected chi connectivity index (χ2v) is 6.90. The number of rotatable bonds is 3. The molecule has 5 heteroatoms. The number of carbonyl (C=O) groups is 1. The van der Waals surface area contributed by atoms with Gasteiger partial charge in [0.25, 0.3) is 5.91 Å². The summed E-state index contributed by atoms with van der Waals surface area (Å²) >= 11 is 0. The van der Waals surface area contributed by atoms with E-state index in [-0.39, 0.29) is 11.9 Å². The third-order valence-corrected chi connectivity index (χ3v) is 5.33. The molecule has 4 rings (SSSR count). The van der Waals surface area contributed by atoms with E-state index in [0.717, 1.165) is 48.4 Å². The van der Waals surface area contributed by atoms with Gasteiger partial charge < -0.3 is 14.8 Å². The fraction of sp³-hybridized carbons (Fsp3) is 0.400. The zero-order chi connectivity index (χ0) is 17.4. The molecule has 1 aromatic heterocycles. The van der Waals surface area contributed by atoms with Crippen LogP contribution in [-0.2, 0) is 4.79 Å². The highest BCUT2D eigenvalue weighted by Gasteiger charge is 2.26. The minimum atomic E-state index is 0.121. The van der Waals surface area contributed by atoms with E-state index in [2.05, 4.69) is 33.1 Å². The average molecular weight is 336 g/mol. The van der Waals surface area contributed by atoms with Crippen LogP contribution in [-0.4, -0.2) is 46.5 Å². The van der Waals surface area contributed by atoms with E-state index in [9.17, 15) is 4.79 Å². The van der Waals surface area contributed by atoms with E-state index in [0.29, 0.717) is 6.04 Å². The minimum absolute atomic E-state index is 0.121. The van der Waals surface area contributed by atoms with Crippen molar-refractivity contribution in [2.75, 3.05) is 20.1 Å². The fourth-order valence-electron chi connectivity index (χ4n) is 3.88. The van der Waals surface area contributed by atoms with Crippen LogP contribution in [0.2, 0.25) is 0 Å². The molecule has 0 bridgehead atoms. The van der Waals surface area contributed by atoms with E-state index in [1.165, 1.54) is 0 Å². The molecule has 1 N–H and O–H groups in total. The van der Waals surface area contributed by atoms with Gasteiger partial charge in [-0.25, -0.2) is 4.98 Å². The molecule has 25 heavy (non-hydrogen) atoms. The molecule has 1 aliphatic carbocycles. The Labute approximate surface area is 148 Å². The van der Waals surface area contributed by atoms with Crippen LogP contribution in [0.15, 0.2) is 48.1 Å². The number of likely N-dealkylation sites (N-methyl/N-ethyl adjacent to an activating group) is 1. The predicted molar refractivity (Wildman–Crippen MR) is 99.4 cm³/mol. The molecule has 0 spiro atoms. The number of aryl methyl sites for hydroxylation is 1. The highest BCUT2D eigenvalue weighted by Crippen LogP contribution is 2.28. The lowest BCUT2D eigenvalue weighted by Gasteiger charge is -2.26. The Morgan fingerprint density at radius 3 is 2.92 bits per heavy atom. The number of carbonyl (C=O) groups excluding carboxylic acids is 1. The maximum atomic E-state index is 12.7. The van der Waals surface area contributed by atoms with Gasteiger partial charge in [0, 0.05) is 25.2 Å². The molecule has 1 aromatic carbocycles. The molecular weight excluding hydrogens is 312 g/mol. The lowest BCUT2D eigenvalue weighted by Crippen LogP contribution is -2.39. The van der Waals surface area contributed by atoms with Crippen LogP contribution in [0.5, 0.6) is 0 Å². The maximum absolute atomic E-state index is 12.7. The van der Waals surface area contributed by atoms with Gasteiger partial charge in [-0.3, -0.25) is 4.79 Å². The number of amides is 1. The lowest BCUT2D eigenvalue weighted by atomic mass is 10.0. The largest absolute Gasteiger partial charge is 0.337 e. The summed E-state index contributed by atoms with van der Waals surface area (Å²) in [6.07, 6.45) is 8.02. The van der Waals surface area contributed by atoms with E-state index in [1.54, 1.807) is 0 Å². The number of para-hydroxylation sites is 2. The van der Waals surface area contributed by atoms with Crippen molar-refractivity contribution in [1.29, 1.82) is 0 Å². The summed E-state index contributed by atoms with van der Waals surface area (Å²) in [6, 6.07) is 8.72. The van der Waals surface area contributed by atoms with Gasteiger partial charge in [0.05, 0.1) is 17.1 Å². The Morgan fingerprint density at radius 2 is 2.20 bits per heavy atom. The SMILES string of the molecule is Cc1nc2ccccc2n1C1C=CC(C(=O)N(C)C2CCNC2)=CC1. The van der Waals surface area contributed by atoms with Crippen molar-refractivity contribution >= 4 is 16.9 Å². The Bertz CT molecular complexity index is 858. The van der Waals surface area contributed by atoms with Crippen LogP contribution in [0.1, 0.15) is 24.7 Å². The number of nitrogens with zero attached hydrogens (tertiary/aromatic N) is 3. The molecule has 5 nitrogen and oxygen atoms in total. The van der Waals surface area contributed by atoms with Crippen molar-refractivity contribution in [2.45, 2.75) is 31.8 Å². The fourth-order valence-corrected chi connectivity index (χ4v) is 3.88. The maximum Gasteiger partial charge on any atom is 0.253 e. The Morgan fingerprint density at radius 1 is 1.36 bits per heavy atom. The number of imidazole rings is 1. The molecule has 1 fully saturated rings. The summed E-state index contributed by atoms with van der Waals surface area (Å²) in [6.45, 7) is 3.92. The second-order valence-electron chi connectivity index (χ2n) is 6.90. The van der Waals surface area contributed by atoms with Crippen molar-refractivity contribution in [2.24, 2.45) is 0 Å². The monoisotopic (exact) mass is 336 g/mol. The van der Waals surface area contributed by atoms with Crippen LogP contribution in [0.4, 0.5) is 0 Å². The van der Waals surface area contributed by atoms with E-state index in [1.807, 2.05) is 43.1 Å². The number of benzene rings is 1. The number of fused-ring (bicyclic) bond motifs is 1. The van der Waals surface area contributed by atoms with Crippen LogP contribution in [0, 0.1) is 6.92 Å². The summed E-state index contributed by atoms with van der Waals surface area (Å²) in [7, 11) is 1.91. The van der Waals surface area contributed by atoms with Gasteiger partial charge in [-0.1, -0.05) is 30.4 Å². The highest BCUT2D eigenvalue weighted by atomic mass is 16.2. The highest BCUT2D eigenvalue weighted by molar-refractivity contribution is 5.96. The van der Waals surface area contributed by atoms with Gasteiger partial charge in [-0.2, -0.15) is 0 Å². The molecule has 0 saturated carbocycles. The van der Waals surface area contributed by atoms with Crippen LogP contribution >= 0.6 is 0 Å². The van der Waals surface area contributed by atoms with Gasteiger partial charge in [-0.05, 0) is 38.4 Å². The summed E-state index contributed by atoms with van der Waals surface area (Å²) in [4.78, 5) is 19.2. The molecular formula is C20H24N4O. The molecule has 1 aliphatic heterocycles. The standard InChI is InChI=1S/C20H24N4O/c1-14-22-18-5-3-4-6-19(18)24(14)16-9-7-15(8-10-16)20(25)23(2)17-11-12-21-13-17/h3-9,16-17,21H,10-13H2,1-2H3. The molecule has 130 valence electrons. The first kappa shape index (κ1) is 16.1. The normalized spacial score (nSPS) is 23.0. The first-order valence-corrected chi connectivity index (χ1v) is 8.95. The van der Waals surface area contributed by atoms with E-state index < -0.39 is 0 Å². The van der Waals surface area contributed by atoms with E-state index in [4.69, 9.17) is 0 Å². The number of nitrogens with one attached hydrogen (secondary N) is 1. The van der Waals surface area contributed by atoms with Gasteiger partial charge in [0.15, 0.2) is 0 Å². The van der Waals surface area contributed by atoms with Crippen LogP contribution < -0.4 is 5.32 Å². The summed E-state index contributed by atoms with van der Waals surface area (Å²) in [5, 5.41) is 3.32. The summed E-state index contributed by atoms with van der Waals surface area (Å²) in [5.74, 6) is 1.13. The van der Waals surface area contributed by atoms with Crippen molar-refractivity contribution in [3.05, 3.63) is 53.9 Å². The van der Waals surface area contributed by atoms with Gasteiger partial charge in [-0.15, -0.1) is 0 Å². The van der Waals surface area contributed by atoms with Crippen molar-refractivity contribution in [3.8, 4) is 0 Å². The molecule has 0 radical (unpaired) electrons. The van der Waals surface area contributed by atoms with Crippen LogP contribution in [0.25, 0.3) is 11.0 Å². The van der Waals surface area contributed by atoms with E-state index >= 15 is 0 Å². The number of hydrogen-bond acceptors (Lipinski definition) is 3. The van der Waals surface area contributed by atoms with Gasteiger partial charge >= 0.3 is 0 Å². The third-order valence-electron chi connectivity index (χ3n) is 5.33. The molecule has 2 unspecified atom stereocenters. The zero-order valence-electron chi connectivity index (χ0n) is 14.8. The number of aromatic nitrogens is 2. The third kappa shape index (κ3) is 2.89. The molecule has 2 atom stereocenters. The van der Waals surface area contributed by atoms with Crippen molar-refractivity contribution in [1.82, 2.24) is 19.8 Å². The Hall–Kier alpha value is -2.40. The minimum Gasteiger partial charge on any atom is -0.337 e. The number of allylic oxidation sites excluding steroid dienone is 2. The Kier molecular flexibility index (Phi) is 4.17. The molecule has 1 saturated heterocycles. The first-order valence-electron chi connectivity index (χ1n) is 8.95. The molecule has 2 aliphatic rings. The Balaban J connectivity index is 1.53. The second kappa shape index (κ2) is 6.48. The average Bonchev–Trinajstić information content (AvgIpc) is 3.27. The first-order chi connectivity index (χ1) is 12.1. The predicted octanol–water partition coefficient (Wildman–Crippen LogP) is 2.59. The summed E-state index contributed by atoms with van der Waals surface area (Å²) < 4.78 is 2.26. The van der Waals surface area contributed by atoms with Gasteiger partial charge in [0.2, 0.25) is 0 Å². The quantitative estimate of drug-likeness (QED) is 0.937. The molecule has 2 aromatic rings. The zero-order valence-corrected chi connectivity index (χ0v) is 14.8. The van der Waals surface area contributed by atoms with Crippen molar-refractivity contribution in [3.63, 3.8) is 0 Å². The summed E-state index contributed by atoms with van der Waals surface area (Å²) in [5.41, 5.74) is 2.97. The molecule has 1 amide bonds. The topological polar surface area (TPSA) is 50.2 Å². The lowest BCUT2D eigenvalue weighted by molar-refractivity contribution is -0.127. The van der Waals surface area contributed by atoms with Crippen molar-refractivity contribution < 1.29 is 4.79 Å². The number of hydrogen-bond donors (Lipinski definition) is 1. The van der Waals surface area contributed by atoms with Gasteiger partial charge in [0.1, 0.15) is 5.82 Å².